The van der Waals surface area contributed by atoms with E-state index < -0.39 is 11.7 Å². The van der Waals surface area contributed by atoms with E-state index in [0.717, 1.165) is 40.3 Å². The minimum atomic E-state index is -4.35. The second-order valence-corrected chi connectivity index (χ2v) is 6.37. The molecule has 3 aromatic heterocycles. The van der Waals surface area contributed by atoms with Crippen molar-refractivity contribution in [2.75, 3.05) is 0 Å². The summed E-state index contributed by atoms with van der Waals surface area (Å²) in [6, 6.07) is 14.4. The van der Waals surface area contributed by atoms with Crippen molar-refractivity contribution in [3.05, 3.63) is 78.2 Å². The molecule has 0 radical (unpaired) electrons. The molecule has 0 saturated carbocycles. The Hall–Kier alpha value is -3.48. The summed E-state index contributed by atoms with van der Waals surface area (Å²) in [5.41, 5.74) is 4.55. The molecular formula is C21H15F3N4. The first-order valence-electron chi connectivity index (χ1n) is 8.53. The summed E-state index contributed by atoms with van der Waals surface area (Å²) in [6.07, 6.45) is -0.941. The Bertz CT molecular complexity index is 1100. The number of aromatic nitrogens is 4. The predicted molar refractivity (Wildman–Crippen MR) is 100 cm³/mol. The van der Waals surface area contributed by atoms with Crippen LogP contribution in [0.15, 0.2) is 67.0 Å². The smallest absolute Gasteiger partial charge is 0.276 e. The largest absolute Gasteiger partial charge is 0.416 e. The highest BCUT2D eigenvalue weighted by molar-refractivity contribution is 5.72. The normalized spacial score (nSPS) is 11.6. The van der Waals surface area contributed by atoms with Crippen molar-refractivity contribution in [3.8, 4) is 33.8 Å². The molecular weight excluding hydrogens is 365 g/mol. The molecule has 1 N–H and O–H groups in total. The van der Waals surface area contributed by atoms with Crippen LogP contribution >= 0.6 is 0 Å². The lowest BCUT2D eigenvalue weighted by molar-refractivity contribution is -0.137. The van der Waals surface area contributed by atoms with Crippen molar-refractivity contribution in [1.82, 2.24) is 20.2 Å². The zero-order valence-corrected chi connectivity index (χ0v) is 14.8. The second-order valence-electron chi connectivity index (χ2n) is 6.37. The third-order valence-corrected chi connectivity index (χ3v) is 4.31. The fourth-order valence-corrected chi connectivity index (χ4v) is 2.94. The molecule has 7 heteroatoms. The topological polar surface area (TPSA) is 54.5 Å². The van der Waals surface area contributed by atoms with E-state index in [9.17, 15) is 13.2 Å². The standard InChI is InChI=1S/C21H15F3N4/c1-13-9-16(14-4-6-17(7-5-14)21(22,23)24)10-19(26-13)20-11-18(27-28-20)15-3-2-8-25-12-15/h2-12H,1H3,(H,27,28). The van der Waals surface area contributed by atoms with Gasteiger partial charge in [0.05, 0.1) is 22.6 Å². The van der Waals surface area contributed by atoms with Gasteiger partial charge in [-0.2, -0.15) is 18.3 Å². The van der Waals surface area contributed by atoms with E-state index >= 15 is 0 Å². The van der Waals surface area contributed by atoms with Crippen molar-refractivity contribution in [1.29, 1.82) is 0 Å². The van der Waals surface area contributed by atoms with Crippen LogP contribution in [0.2, 0.25) is 0 Å². The van der Waals surface area contributed by atoms with E-state index in [1.807, 2.05) is 37.3 Å². The van der Waals surface area contributed by atoms with E-state index in [2.05, 4.69) is 20.2 Å². The Balaban J connectivity index is 1.69. The van der Waals surface area contributed by atoms with Crippen molar-refractivity contribution in [2.45, 2.75) is 13.1 Å². The maximum Gasteiger partial charge on any atom is 0.416 e. The Kier molecular flexibility index (Phi) is 4.43. The van der Waals surface area contributed by atoms with Gasteiger partial charge in [-0.3, -0.25) is 15.1 Å². The molecule has 0 saturated heterocycles. The molecule has 28 heavy (non-hydrogen) atoms. The summed E-state index contributed by atoms with van der Waals surface area (Å²) in [5, 5.41) is 7.27. The molecule has 0 atom stereocenters. The van der Waals surface area contributed by atoms with Crippen LogP contribution < -0.4 is 0 Å². The molecule has 4 rings (SSSR count). The molecule has 0 bridgehead atoms. The summed E-state index contributed by atoms with van der Waals surface area (Å²) in [6.45, 7) is 1.84. The first-order chi connectivity index (χ1) is 13.4. The van der Waals surface area contributed by atoms with Crippen LogP contribution in [0.1, 0.15) is 11.3 Å². The number of aromatic amines is 1. The van der Waals surface area contributed by atoms with Gasteiger partial charge in [0.15, 0.2) is 0 Å². The number of nitrogens with zero attached hydrogens (tertiary/aromatic N) is 3. The molecule has 0 amide bonds. The molecule has 0 fully saturated rings. The van der Waals surface area contributed by atoms with E-state index in [0.29, 0.717) is 11.3 Å². The van der Waals surface area contributed by atoms with Gasteiger partial charge in [-0.1, -0.05) is 12.1 Å². The average Bonchev–Trinajstić information content (AvgIpc) is 3.18. The fraction of sp³-hybridized carbons (Fsp3) is 0.0952. The van der Waals surface area contributed by atoms with Gasteiger partial charge in [0.25, 0.3) is 0 Å². The van der Waals surface area contributed by atoms with Gasteiger partial charge >= 0.3 is 6.18 Å². The van der Waals surface area contributed by atoms with Crippen LogP contribution in [0.4, 0.5) is 13.2 Å². The monoisotopic (exact) mass is 380 g/mol. The molecule has 0 aliphatic heterocycles. The van der Waals surface area contributed by atoms with E-state index in [-0.39, 0.29) is 0 Å². The molecule has 0 unspecified atom stereocenters. The molecule has 4 aromatic rings. The highest BCUT2D eigenvalue weighted by Gasteiger charge is 2.30. The molecule has 0 spiro atoms. The van der Waals surface area contributed by atoms with Crippen molar-refractivity contribution in [2.24, 2.45) is 0 Å². The van der Waals surface area contributed by atoms with Gasteiger partial charge in [-0.25, -0.2) is 0 Å². The molecule has 140 valence electrons. The SMILES string of the molecule is Cc1cc(-c2ccc(C(F)(F)F)cc2)cc(-c2cc(-c3cccnc3)n[nH]2)n1. The number of H-pyrrole nitrogens is 1. The molecule has 0 aliphatic rings. The van der Waals surface area contributed by atoms with Crippen LogP contribution in [0.25, 0.3) is 33.8 Å². The first-order valence-corrected chi connectivity index (χ1v) is 8.53. The van der Waals surface area contributed by atoms with Crippen LogP contribution in [-0.4, -0.2) is 20.2 Å². The summed E-state index contributed by atoms with van der Waals surface area (Å²) in [4.78, 5) is 8.61. The van der Waals surface area contributed by atoms with E-state index in [1.54, 1.807) is 12.4 Å². The molecule has 0 aliphatic carbocycles. The van der Waals surface area contributed by atoms with Crippen molar-refractivity contribution >= 4 is 0 Å². The number of halogens is 3. The van der Waals surface area contributed by atoms with Gasteiger partial charge < -0.3 is 0 Å². The molecule has 4 nitrogen and oxygen atoms in total. The number of pyridine rings is 2. The van der Waals surface area contributed by atoms with Gasteiger partial charge in [-0.05, 0) is 60.5 Å². The van der Waals surface area contributed by atoms with Gasteiger partial charge in [-0.15, -0.1) is 0 Å². The van der Waals surface area contributed by atoms with Gasteiger partial charge in [0.1, 0.15) is 0 Å². The number of nitrogens with one attached hydrogen (secondary N) is 1. The van der Waals surface area contributed by atoms with Crippen LogP contribution in [0.3, 0.4) is 0 Å². The second kappa shape index (κ2) is 6.92. The lowest BCUT2D eigenvalue weighted by atomic mass is 10.0. The highest BCUT2D eigenvalue weighted by Crippen LogP contribution is 2.32. The van der Waals surface area contributed by atoms with Crippen LogP contribution in [0.5, 0.6) is 0 Å². The number of alkyl halides is 3. The fourth-order valence-electron chi connectivity index (χ4n) is 2.94. The van der Waals surface area contributed by atoms with Crippen LogP contribution in [0, 0.1) is 6.92 Å². The average molecular weight is 380 g/mol. The van der Waals surface area contributed by atoms with E-state index in [1.165, 1.54) is 12.1 Å². The van der Waals surface area contributed by atoms with E-state index in [4.69, 9.17) is 0 Å². The third-order valence-electron chi connectivity index (χ3n) is 4.31. The highest BCUT2D eigenvalue weighted by atomic mass is 19.4. The number of rotatable bonds is 3. The van der Waals surface area contributed by atoms with Gasteiger partial charge in [0, 0.05) is 23.7 Å². The number of hydrogen-bond donors (Lipinski definition) is 1. The van der Waals surface area contributed by atoms with Crippen molar-refractivity contribution < 1.29 is 13.2 Å². The predicted octanol–water partition coefficient (Wildman–Crippen LogP) is 5.53. The summed E-state index contributed by atoms with van der Waals surface area (Å²) >= 11 is 0. The number of aryl methyl sites for hydroxylation is 1. The minimum Gasteiger partial charge on any atom is -0.276 e. The quantitative estimate of drug-likeness (QED) is 0.509. The molecule has 3 heterocycles. The Morgan fingerprint density at radius 1 is 0.857 bits per heavy atom. The summed E-state index contributed by atoms with van der Waals surface area (Å²) < 4.78 is 38.4. The Morgan fingerprint density at radius 2 is 1.64 bits per heavy atom. The third kappa shape index (κ3) is 3.64. The summed E-state index contributed by atoms with van der Waals surface area (Å²) in [7, 11) is 0. The zero-order chi connectivity index (χ0) is 19.7. The number of hydrogen-bond acceptors (Lipinski definition) is 3. The lowest BCUT2D eigenvalue weighted by Gasteiger charge is -2.09. The summed E-state index contributed by atoms with van der Waals surface area (Å²) in [5.74, 6) is 0. The Morgan fingerprint density at radius 3 is 2.32 bits per heavy atom. The lowest BCUT2D eigenvalue weighted by Crippen LogP contribution is -2.04. The maximum atomic E-state index is 12.8. The first kappa shape index (κ1) is 17.9. The zero-order valence-electron chi connectivity index (χ0n) is 14.8. The van der Waals surface area contributed by atoms with Gasteiger partial charge in [0.2, 0.25) is 0 Å². The van der Waals surface area contributed by atoms with Crippen molar-refractivity contribution in [3.63, 3.8) is 0 Å². The number of benzene rings is 1. The minimum absolute atomic E-state index is 0.664. The Labute approximate surface area is 159 Å². The maximum absolute atomic E-state index is 12.8. The van der Waals surface area contributed by atoms with Crippen LogP contribution in [-0.2, 0) is 6.18 Å². The molecule has 1 aromatic carbocycles.